The van der Waals surface area contributed by atoms with Crippen LogP contribution >= 0.6 is 12.2 Å². The van der Waals surface area contributed by atoms with Gasteiger partial charge in [0.1, 0.15) is 4.99 Å². The monoisotopic (exact) mass is 307 g/mol. The molecule has 0 bridgehead atoms. The summed E-state index contributed by atoms with van der Waals surface area (Å²) >= 11 is 4.93. The maximum atomic E-state index is 12.3. The van der Waals surface area contributed by atoms with Crippen LogP contribution in [0.2, 0.25) is 0 Å². The van der Waals surface area contributed by atoms with E-state index in [2.05, 4.69) is 5.32 Å². The van der Waals surface area contributed by atoms with Gasteiger partial charge in [0.05, 0.1) is 12.1 Å². The molecule has 114 valence electrons. The van der Waals surface area contributed by atoms with Crippen molar-refractivity contribution in [2.75, 3.05) is 18.4 Å². The number of nitrogens with zero attached hydrogens (tertiary/aromatic N) is 1. The highest BCUT2D eigenvalue weighted by atomic mass is 32.1. The quantitative estimate of drug-likeness (QED) is 0.726. The number of β-amino-alcohol motifs (C(OH)–C–C–N with tert-alkyl or cyclic N) is 1. The smallest absolute Gasteiger partial charge is 0.241 e. The number of amides is 1. The maximum absolute atomic E-state index is 12.3. The van der Waals surface area contributed by atoms with Crippen molar-refractivity contribution in [3.8, 4) is 0 Å². The lowest BCUT2D eigenvalue weighted by molar-refractivity contribution is -0.121. The summed E-state index contributed by atoms with van der Waals surface area (Å²) < 4.78 is 0. The molecule has 0 spiro atoms. The van der Waals surface area contributed by atoms with Crippen LogP contribution in [0.3, 0.4) is 0 Å². The Hall–Kier alpha value is -1.50. The second kappa shape index (κ2) is 6.98. The van der Waals surface area contributed by atoms with Crippen LogP contribution in [0.15, 0.2) is 24.3 Å². The number of nitrogens with two attached hydrogens (primary N) is 1. The number of hydrogen-bond acceptors (Lipinski definition) is 4. The topological polar surface area (TPSA) is 78.6 Å². The lowest BCUT2D eigenvalue weighted by Crippen LogP contribution is -2.48. The molecule has 2 unspecified atom stereocenters. The molecule has 1 fully saturated rings. The Labute approximate surface area is 130 Å². The number of anilines is 1. The Bertz CT molecular complexity index is 535. The molecule has 1 heterocycles. The largest absolute Gasteiger partial charge is 0.392 e. The molecule has 21 heavy (non-hydrogen) atoms. The van der Waals surface area contributed by atoms with Crippen molar-refractivity contribution in [1.29, 1.82) is 0 Å². The normalized spacial score (nSPS) is 20.8. The van der Waals surface area contributed by atoms with Crippen molar-refractivity contribution in [2.24, 2.45) is 5.73 Å². The highest BCUT2D eigenvalue weighted by molar-refractivity contribution is 7.80. The van der Waals surface area contributed by atoms with Crippen LogP contribution in [0.1, 0.15) is 25.3 Å². The lowest BCUT2D eigenvalue weighted by atomic mass is 10.1. The number of hydrogen-bond donors (Lipinski definition) is 3. The van der Waals surface area contributed by atoms with Gasteiger partial charge in [-0.3, -0.25) is 9.69 Å². The fraction of sp³-hybridized carbons (Fsp3) is 0.467. The van der Waals surface area contributed by atoms with Crippen LogP contribution < -0.4 is 11.1 Å². The molecule has 0 radical (unpaired) electrons. The number of aliphatic hydroxyl groups is 1. The van der Waals surface area contributed by atoms with Crippen LogP contribution in [0, 0.1) is 0 Å². The van der Waals surface area contributed by atoms with Crippen molar-refractivity contribution >= 4 is 28.8 Å². The standard InChI is InChI=1S/C15H21N3O2S/c1-10(18-7-3-6-13(19)9-18)15(20)17-12-5-2-4-11(8-12)14(16)21/h2,4-5,8,10,13,19H,3,6-7,9H2,1H3,(H2,16,21)(H,17,20). The Kier molecular flexibility index (Phi) is 5.27. The molecule has 1 aliphatic rings. The molecule has 4 N–H and O–H groups in total. The molecule has 0 aliphatic carbocycles. The first-order valence-corrected chi connectivity index (χ1v) is 7.51. The Morgan fingerprint density at radius 3 is 3.00 bits per heavy atom. The zero-order chi connectivity index (χ0) is 15.4. The fourth-order valence-corrected chi connectivity index (χ4v) is 2.62. The highest BCUT2D eigenvalue weighted by Gasteiger charge is 2.26. The number of nitrogens with one attached hydrogen (secondary N) is 1. The molecule has 5 nitrogen and oxygen atoms in total. The number of rotatable bonds is 4. The van der Waals surface area contributed by atoms with Gasteiger partial charge in [-0.15, -0.1) is 0 Å². The molecule has 1 aliphatic heterocycles. The van der Waals surface area contributed by atoms with Gasteiger partial charge in [0.25, 0.3) is 0 Å². The fourth-order valence-electron chi connectivity index (χ4n) is 2.50. The molecule has 1 saturated heterocycles. The van der Waals surface area contributed by atoms with E-state index < -0.39 is 0 Å². The molecule has 2 rings (SSSR count). The van der Waals surface area contributed by atoms with Gasteiger partial charge in [0, 0.05) is 17.8 Å². The predicted octanol–water partition coefficient (Wildman–Crippen LogP) is 1.10. The van der Waals surface area contributed by atoms with Gasteiger partial charge in [-0.2, -0.15) is 0 Å². The van der Waals surface area contributed by atoms with E-state index in [1.807, 2.05) is 17.9 Å². The number of likely N-dealkylation sites (tertiary alicyclic amines) is 1. The van der Waals surface area contributed by atoms with Crippen LogP contribution in [-0.2, 0) is 4.79 Å². The lowest BCUT2D eigenvalue weighted by Gasteiger charge is -2.33. The summed E-state index contributed by atoms with van der Waals surface area (Å²) in [4.78, 5) is 14.6. The zero-order valence-corrected chi connectivity index (χ0v) is 12.9. The van der Waals surface area contributed by atoms with Gasteiger partial charge in [-0.25, -0.2) is 0 Å². The molecular weight excluding hydrogens is 286 g/mol. The summed E-state index contributed by atoms with van der Waals surface area (Å²) in [5, 5.41) is 12.6. The molecule has 0 saturated carbocycles. The summed E-state index contributed by atoms with van der Waals surface area (Å²) in [6.45, 7) is 3.23. The molecular formula is C15H21N3O2S. The molecule has 1 amide bonds. The van der Waals surface area contributed by atoms with E-state index in [1.54, 1.807) is 18.2 Å². The number of carbonyl (C=O) groups excluding carboxylic acids is 1. The Morgan fingerprint density at radius 1 is 1.57 bits per heavy atom. The Balaban J connectivity index is 2.00. The summed E-state index contributed by atoms with van der Waals surface area (Å²) in [6.07, 6.45) is 1.38. The van der Waals surface area contributed by atoms with Gasteiger partial charge < -0.3 is 16.2 Å². The van der Waals surface area contributed by atoms with E-state index in [0.29, 0.717) is 17.2 Å². The third-order valence-corrected chi connectivity index (χ3v) is 4.01. The van der Waals surface area contributed by atoms with Gasteiger partial charge in [0.15, 0.2) is 0 Å². The summed E-state index contributed by atoms with van der Waals surface area (Å²) in [7, 11) is 0. The summed E-state index contributed by atoms with van der Waals surface area (Å²) in [6, 6.07) is 6.89. The van der Waals surface area contributed by atoms with E-state index in [9.17, 15) is 9.90 Å². The average molecular weight is 307 g/mol. The van der Waals surface area contributed by atoms with Crippen molar-refractivity contribution < 1.29 is 9.90 Å². The SMILES string of the molecule is CC(C(=O)Nc1cccc(C(N)=S)c1)N1CCCC(O)C1. The van der Waals surface area contributed by atoms with Crippen molar-refractivity contribution in [1.82, 2.24) is 4.90 Å². The molecule has 1 aromatic carbocycles. The highest BCUT2D eigenvalue weighted by Crippen LogP contribution is 2.15. The van der Waals surface area contributed by atoms with Crippen LogP contribution in [0.25, 0.3) is 0 Å². The summed E-state index contributed by atoms with van der Waals surface area (Å²) in [5.74, 6) is -0.0933. The molecule has 6 heteroatoms. The number of aliphatic hydroxyl groups excluding tert-OH is 1. The minimum absolute atomic E-state index is 0.0933. The second-order valence-electron chi connectivity index (χ2n) is 5.40. The minimum Gasteiger partial charge on any atom is -0.392 e. The van der Waals surface area contributed by atoms with Gasteiger partial charge in [0.2, 0.25) is 5.91 Å². The third-order valence-electron chi connectivity index (χ3n) is 3.77. The Morgan fingerprint density at radius 2 is 2.33 bits per heavy atom. The van der Waals surface area contributed by atoms with E-state index in [4.69, 9.17) is 18.0 Å². The first kappa shape index (κ1) is 15.9. The van der Waals surface area contributed by atoms with E-state index >= 15 is 0 Å². The zero-order valence-electron chi connectivity index (χ0n) is 12.1. The van der Waals surface area contributed by atoms with Crippen molar-refractivity contribution in [3.05, 3.63) is 29.8 Å². The second-order valence-corrected chi connectivity index (χ2v) is 5.84. The first-order chi connectivity index (χ1) is 9.97. The van der Waals surface area contributed by atoms with Crippen molar-refractivity contribution in [3.63, 3.8) is 0 Å². The van der Waals surface area contributed by atoms with Gasteiger partial charge in [-0.1, -0.05) is 24.4 Å². The van der Waals surface area contributed by atoms with Gasteiger partial charge >= 0.3 is 0 Å². The maximum Gasteiger partial charge on any atom is 0.241 e. The van der Waals surface area contributed by atoms with Crippen LogP contribution in [0.5, 0.6) is 0 Å². The number of carbonyl (C=O) groups is 1. The minimum atomic E-state index is -0.341. The first-order valence-electron chi connectivity index (χ1n) is 7.10. The molecule has 0 aromatic heterocycles. The average Bonchev–Trinajstić information content (AvgIpc) is 2.46. The van der Waals surface area contributed by atoms with Gasteiger partial charge in [-0.05, 0) is 38.4 Å². The van der Waals surface area contributed by atoms with E-state index in [-0.39, 0.29) is 18.1 Å². The van der Waals surface area contributed by atoms with E-state index in [0.717, 1.165) is 24.9 Å². The van der Waals surface area contributed by atoms with Crippen LogP contribution in [-0.4, -0.2) is 46.1 Å². The third kappa shape index (κ3) is 4.23. The molecule has 2 atom stereocenters. The van der Waals surface area contributed by atoms with Crippen molar-refractivity contribution in [2.45, 2.75) is 31.9 Å². The number of benzene rings is 1. The summed E-state index contributed by atoms with van der Waals surface area (Å²) in [5.41, 5.74) is 6.99. The predicted molar refractivity (Wildman–Crippen MR) is 87.2 cm³/mol. The van der Waals surface area contributed by atoms with E-state index in [1.165, 1.54) is 0 Å². The van der Waals surface area contributed by atoms with Crippen LogP contribution in [0.4, 0.5) is 5.69 Å². The number of piperidine rings is 1. The molecule has 1 aromatic rings. The number of thiocarbonyl (C=S) groups is 1.